The fourth-order valence-electron chi connectivity index (χ4n) is 3.24. The van der Waals surface area contributed by atoms with Crippen LogP contribution in [0.3, 0.4) is 0 Å². The monoisotopic (exact) mass is 298 g/mol. The lowest BCUT2D eigenvalue weighted by molar-refractivity contribution is 0.0811. The van der Waals surface area contributed by atoms with E-state index in [-0.39, 0.29) is 18.7 Å². The maximum atomic E-state index is 12.5. The van der Waals surface area contributed by atoms with Crippen LogP contribution in [-0.4, -0.2) is 35.2 Å². The zero-order valence-electron chi connectivity index (χ0n) is 12.8. The quantitative estimate of drug-likeness (QED) is 0.892. The van der Waals surface area contributed by atoms with E-state index in [0.29, 0.717) is 12.5 Å². The molecule has 4 nitrogen and oxygen atoms in total. The van der Waals surface area contributed by atoms with Crippen molar-refractivity contribution in [2.75, 3.05) is 18.5 Å². The summed E-state index contributed by atoms with van der Waals surface area (Å²) in [6, 6.07) is 13.8. The second-order valence-electron chi connectivity index (χ2n) is 6.05. The molecule has 3 rings (SSSR count). The second kappa shape index (κ2) is 6.36. The van der Waals surface area contributed by atoms with Crippen LogP contribution in [0.25, 0.3) is 10.8 Å². The summed E-state index contributed by atoms with van der Waals surface area (Å²) < 4.78 is 0. The van der Waals surface area contributed by atoms with E-state index < -0.39 is 0 Å². The summed E-state index contributed by atoms with van der Waals surface area (Å²) in [5, 5.41) is 14.8. The first-order valence-electron chi connectivity index (χ1n) is 7.86. The molecule has 2 N–H and O–H groups in total. The molecule has 116 valence electrons. The molecule has 0 aromatic heterocycles. The van der Waals surface area contributed by atoms with Gasteiger partial charge in [0, 0.05) is 12.2 Å². The predicted molar refractivity (Wildman–Crippen MR) is 88.9 cm³/mol. The third kappa shape index (κ3) is 2.92. The first-order valence-corrected chi connectivity index (χ1v) is 7.86. The molecular formula is C18H22N2O2. The summed E-state index contributed by atoms with van der Waals surface area (Å²) in [4.78, 5) is 14.3. The van der Waals surface area contributed by atoms with Crippen LogP contribution in [0.1, 0.15) is 19.8 Å². The topological polar surface area (TPSA) is 52.6 Å². The van der Waals surface area contributed by atoms with E-state index in [9.17, 15) is 9.90 Å². The molecule has 0 bridgehead atoms. The normalized spacial score (nSPS) is 21.8. The summed E-state index contributed by atoms with van der Waals surface area (Å²) in [5.41, 5.74) is 0.790. The molecule has 4 heteroatoms. The molecule has 22 heavy (non-hydrogen) atoms. The van der Waals surface area contributed by atoms with Crippen molar-refractivity contribution in [3.05, 3.63) is 42.5 Å². The molecule has 1 saturated heterocycles. The molecule has 2 amide bonds. The number of aliphatic hydroxyl groups is 1. The minimum atomic E-state index is -0.124. The molecule has 2 unspecified atom stereocenters. The molecule has 1 heterocycles. The lowest BCUT2D eigenvalue weighted by atomic mass is 9.91. The number of amides is 2. The van der Waals surface area contributed by atoms with Gasteiger partial charge in [0.1, 0.15) is 0 Å². The molecule has 0 saturated carbocycles. The SMILES string of the molecule is CC1CCCN(C(=O)Nc2ccc3ccccc3c2)C1CO. The Bertz CT molecular complexity index is 671. The number of benzene rings is 2. The van der Waals surface area contributed by atoms with E-state index in [4.69, 9.17) is 0 Å². The van der Waals surface area contributed by atoms with Crippen molar-refractivity contribution in [2.45, 2.75) is 25.8 Å². The Morgan fingerprint density at radius 2 is 2.05 bits per heavy atom. The van der Waals surface area contributed by atoms with Gasteiger partial charge < -0.3 is 15.3 Å². The number of carbonyl (C=O) groups is 1. The summed E-state index contributed by atoms with van der Waals surface area (Å²) in [5.74, 6) is 0.334. The number of nitrogens with zero attached hydrogens (tertiary/aromatic N) is 1. The van der Waals surface area contributed by atoms with E-state index in [2.05, 4.69) is 18.3 Å². The van der Waals surface area contributed by atoms with E-state index in [0.717, 1.165) is 29.3 Å². The lowest BCUT2D eigenvalue weighted by Crippen LogP contribution is -2.51. The molecule has 2 aromatic rings. The minimum absolute atomic E-state index is 0.0201. The fraction of sp³-hybridized carbons (Fsp3) is 0.389. The van der Waals surface area contributed by atoms with Crippen LogP contribution >= 0.6 is 0 Å². The van der Waals surface area contributed by atoms with Gasteiger partial charge in [-0.15, -0.1) is 0 Å². The summed E-state index contributed by atoms with van der Waals surface area (Å²) in [6.45, 7) is 2.82. The van der Waals surface area contributed by atoms with Gasteiger partial charge in [0.15, 0.2) is 0 Å². The number of anilines is 1. The van der Waals surface area contributed by atoms with Crippen LogP contribution in [0.2, 0.25) is 0 Å². The number of piperidine rings is 1. The lowest BCUT2D eigenvalue weighted by Gasteiger charge is -2.38. The largest absolute Gasteiger partial charge is 0.394 e. The maximum absolute atomic E-state index is 12.5. The van der Waals surface area contributed by atoms with Gasteiger partial charge in [-0.3, -0.25) is 0 Å². The van der Waals surface area contributed by atoms with E-state index in [1.54, 1.807) is 4.90 Å². The molecule has 1 aliphatic rings. The second-order valence-corrected chi connectivity index (χ2v) is 6.05. The number of likely N-dealkylation sites (tertiary alicyclic amines) is 1. The third-order valence-corrected chi connectivity index (χ3v) is 4.56. The van der Waals surface area contributed by atoms with Crippen molar-refractivity contribution in [1.82, 2.24) is 4.90 Å². The Hall–Kier alpha value is -2.07. The smallest absolute Gasteiger partial charge is 0.322 e. The van der Waals surface area contributed by atoms with Crippen LogP contribution in [-0.2, 0) is 0 Å². The highest BCUT2D eigenvalue weighted by atomic mass is 16.3. The number of fused-ring (bicyclic) bond motifs is 1. The standard InChI is InChI=1S/C18H22N2O2/c1-13-5-4-10-20(17(13)12-21)18(22)19-16-9-8-14-6-2-3-7-15(14)11-16/h2-3,6-9,11,13,17,21H,4-5,10,12H2,1H3,(H,19,22). The third-order valence-electron chi connectivity index (χ3n) is 4.56. The number of carbonyl (C=O) groups excluding carboxylic acids is 1. The van der Waals surface area contributed by atoms with Crippen molar-refractivity contribution < 1.29 is 9.90 Å². The van der Waals surface area contributed by atoms with Gasteiger partial charge in [0.25, 0.3) is 0 Å². The average Bonchev–Trinajstić information content (AvgIpc) is 2.54. The van der Waals surface area contributed by atoms with Gasteiger partial charge in [-0.25, -0.2) is 4.79 Å². The number of aliphatic hydroxyl groups excluding tert-OH is 1. The first kappa shape index (κ1) is 14.9. The van der Waals surface area contributed by atoms with Crippen molar-refractivity contribution in [3.8, 4) is 0 Å². The Kier molecular flexibility index (Phi) is 4.29. The number of hydrogen-bond acceptors (Lipinski definition) is 2. The van der Waals surface area contributed by atoms with Crippen molar-refractivity contribution in [3.63, 3.8) is 0 Å². The summed E-state index contributed by atoms with van der Waals surface area (Å²) in [6.07, 6.45) is 2.05. The molecule has 1 fully saturated rings. The van der Waals surface area contributed by atoms with Crippen molar-refractivity contribution in [2.24, 2.45) is 5.92 Å². The van der Waals surface area contributed by atoms with Crippen molar-refractivity contribution >= 4 is 22.5 Å². The average molecular weight is 298 g/mol. The van der Waals surface area contributed by atoms with E-state index >= 15 is 0 Å². The van der Waals surface area contributed by atoms with Gasteiger partial charge in [0.2, 0.25) is 0 Å². The van der Waals surface area contributed by atoms with Crippen LogP contribution in [0.4, 0.5) is 10.5 Å². The number of urea groups is 1. The molecule has 0 aliphatic carbocycles. The van der Waals surface area contributed by atoms with E-state index in [1.807, 2.05) is 36.4 Å². The Morgan fingerprint density at radius 1 is 1.27 bits per heavy atom. The molecular weight excluding hydrogens is 276 g/mol. The van der Waals surface area contributed by atoms with Crippen LogP contribution in [0, 0.1) is 5.92 Å². The molecule has 0 spiro atoms. The highest BCUT2D eigenvalue weighted by Crippen LogP contribution is 2.24. The molecule has 2 atom stereocenters. The number of hydrogen-bond donors (Lipinski definition) is 2. The molecule has 0 radical (unpaired) electrons. The van der Waals surface area contributed by atoms with Gasteiger partial charge in [-0.05, 0) is 41.7 Å². The van der Waals surface area contributed by atoms with Crippen molar-refractivity contribution in [1.29, 1.82) is 0 Å². The number of nitrogens with one attached hydrogen (secondary N) is 1. The maximum Gasteiger partial charge on any atom is 0.322 e. The fourth-order valence-corrected chi connectivity index (χ4v) is 3.24. The van der Waals surface area contributed by atoms with Crippen LogP contribution in [0.5, 0.6) is 0 Å². The van der Waals surface area contributed by atoms with E-state index in [1.165, 1.54) is 0 Å². The predicted octanol–water partition coefficient (Wildman–Crippen LogP) is 3.46. The highest BCUT2D eigenvalue weighted by Gasteiger charge is 2.31. The van der Waals surface area contributed by atoms with Crippen LogP contribution in [0.15, 0.2) is 42.5 Å². The highest BCUT2D eigenvalue weighted by molar-refractivity contribution is 5.93. The minimum Gasteiger partial charge on any atom is -0.394 e. The van der Waals surface area contributed by atoms with Crippen LogP contribution < -0.4 is 5.32 Å². The number of rotatable bonds is 2. The zero-order chi connectivity index (χ0) is 15.5. The molecule has 1 aliphatic heterocycles. The Morgan fingerprint density at radius 3 is 2.82 bits per heavy atom. The van der Waals surface area contributed by atoms with Gasteiger partial charge in [-0.2, -0.15) is 0 Å². The Labute approximate surface area is 130 Å². The molecule has 2 aromatic carbocycles. The van der Waals surface area contributed by atoms with Gasteiger partial charge in [-0.1, -0.05) is 37.3 Å². The Balaban J connectivity index is 1.77. The summed E-state index contributed by atoms with van der Waals surface area (Å²) in [7, 11) is 0. The van der Waals surface area contributed by atoms with Gasteiger partial charge in [0.05, 0.1) is 12.6 Å². The summed E-state index contributed by atoms with van der Waals surface area (Å²) >= 11 is 0. The zero-order valence-corrected chi connectivity index (χ0v) is 12.8. The van der Waals surface area contributed by atoms with Gasteiger partial charge >= 0.3 is 6.03 Å². The first-order chi connectivity index (χ1) is 10.7.